The summed E-state index contributed by atoms with van der Waals surface area (Å²) in [5.74, 6) is 2.13. The van der Waals surface area contributed by atoms with Gasteiger partial charge in [-0.05, 0) is 54.3 Å². The van der Waals surface area contributed by atoms with Crippen molar-refractivity contribution in [1.82, 2.24) is 20.1 Å². The lowest BCUT2D eigenvalue weighted by atomic mass is 10.1. The average molecular weight is 507 g/mol. The SMILES string of the molecule is COc1cccc(CSc2nnc(CNC(=O)CCc3ccccc3)n2-c2cc(Cl)ccc2C)c1. The van der Waals surface area contributed by atoms with Crippen molar-refractivity contribution in [2.24, 2.45) is 0 Å². The summed E-state index contributed by atoms with van der Waals surface area (Å²) < 4.78 is 7.31. The van der Waals surface area contributed by atoms with Gasteiger partial charge in [0.2, 0.25) is 5.91 Å². The maximum Gasteiger partial charge on any atom is 0.220 e. The Balaban J connectivity index is 1.51. The first-order valence-corrected chi connectivity index (χ1v) is 12.7. The number of ether oxygens (including phenoxy) is 1. The Morgan fingerprint density at radius 1 is 1.03 bits per heavy atom. The van der Waals surface area contributed by atoms with Crippen LogP contribution >= 0.6 is 23.4 Å². The van der Waals surface area contributed by atoms with Crippen molar-refractivity contribution in [2.75, 3.05) is 7.11 Å². The lowest BCUT2D eigenvalue weighted by molar-refractivity contribution is -0.121. The van der Waals surface area contributed by atoms with Crippen LogP contribution in [0, 0.1) is 6.92 Å². The quantitative estimate of drug-likeness (QED) is 0.276. The number of aryl methyl sites for hydroxylation is 2. The third-order valence-corrected chi connectivity index (χ3v) is 6.78. The molecule has 0 radical (unpaired) electrons. The first kappa shape index (κ1) is 24.8. The normalized spacial score (nSPS) is 10.8. The molecule has 0 spiro atoms. The monoisotopic (exact) mass is 506 g/mol. The zero-order valence-electron chi connectivity index (χ0n) is 19.7. The van der Waals surface area contributed by atoms with Crippen LogP contribution in [0.25, 0.3) is 5.69 Å². The number of carbonyl (C=O) groups is 1. The molecule has 1 N–H and O–H groups in total. The summed E-state index contributed by atoms with van der Waals surface area (Å²) in [6, 6.07) is 23.7. The molecule has 0 aliphatic carbocycles. The molecule has 35 heavy (non-hydrogen) atoms. The second-order valence-electron chi connectivity index (χ2n) is 8.07. The summed E-state index contributed by atoms with van der Waals surface area (Å²) in [5.41, 5.74) is 4.18. The summed E-state index contributed by atoms with van der Waals surface area (Å²) in [7, 11) is 1.66. The highest BCUT2D eigenvalue weighted by Crippen LogP contribution is 2.29. The van der Waals surface area contributed by atoms with E-state index in [1.54, 1.807) is 18.9 Å². The van der Waals surface area contributed by atoms with Gasteiger partial charge in [0.25, 0.3) is 0 Å². The number of nitrogens with one attached hydrogen (secondary N) is 1. The molecule has 3 aromatic carbocycles. The molecule has 6 nitrogen and oxygen atoms in total. The predicted octanol–water partition coefficient (Wildman–Crippen LogP) is 5.78. The summed E-state index contributed by atoms with van der Waals surface area (Å²) >= 11 is 7.90. The maximum absolute atomic E-state index is 12.5. The molecule has 8 heteroatoms. The number of rotatable bonds is 10. The highest BCUT2D eigenvalue weighted by molar-refractivity contribution is 7.98. The van der Waals surface area contributed by atoms with E-state index in [0.29, 0.717) is 29.4 Å². The lowest BCUT2D eigenvalue weighted by Gasteiger charge is -2.14. The molecule has 0 atom stereocenters. The molecule has 0 aliphatic heterocycles. The second kappa shape index (κ2) is 11.9. The van der Waals surface area contributed by atoms with Gasteiger partial charge in [-0.25, -0.2) is 0 Å². The molecule has 0 fully saturated rings. The molecular weight excluding hydrogens is 480 g/mol. The van der Waals surface area contributed by atoms with E-state index in [-0.39, 0.29) is 12.5 Å². The van der Waals surface area contributed by atoms with Gasteiger partial charge in [-0.3, -0.25) is 9.36 Å². The third kappa shape index (κ3) is 6.65. The molecule has 1 aromatic heterocycles. The third-order valence-electron chi connectivity index (χ3n) is 5.54. The molecule has 1 heterocycles. The van der Waals surface area contributed by atoms with Crippen molar-refractivity contribution in [3.05, 3.63) is 100 Å². The van der Waals surface area contributed by atoms with Crippen molar-refractivity contribution >= 4 is 29.3 Å². The van der Waals surface area contributed by atoms with Crippen LogP contribution in [0.2, 0.25) is 5.02 Å². The average Bonchev–Trinajstić information content (AvgIpc) is 3.29. The minimum absolute atomic E-state index is 0.0307. The Kier molecular flexibility index (Phi) is 8.45. The van der Waals surface area contributed by atoms with E-state index in [1.807, 2.05) is 78.2 Å². The van der Waals surface area contributed by atoms with Crippen LogP contribution in [0.15, 0.2) is 78.0 Å². The van der Waals surface area contributed by atoms with Crippen molar-refractivity contribution in [1.29, 1.82) is 0 Å². The van der Waals surface area contributed by atoms with Gasteiger partial charge in [0.15, 0.2) is 11.0 Å². The molecule has 0 unspecified atom stereocenters. The molecule has 0 aliphatic rings. The Bertz CT molecular complexity index is 1290. The number of nitrogens with zero attached hydrogens (tertiary/aromatic N) is 3. The van der Waals surface area contributed by atoms with Gasteiger partial charge in [0.05, 0.1) is 19.3 Å². The summed E-state index contributed by atoms with van der Waals surface area (Å²) in [6.07, 6.45) is 1.10. The highest BCUT2D eigenvalue weighted by atomic mass is 35.5. The first-order chi connectivity index (χ1) is 17.0. The number of hydrogen-bond acceptors (Lipinski definition) is 5. The van der Waals surface area contributed by atoms with Crippen LogP contribution in [0.3, 0.4) is 0 Å². The number of carbonyl (C=O) groups excluding carboxylic acids is 1. The fraction of sp³-hybridized carbons (Fsp3) is 0.222. The Morgan fingerprint density at radius 3 is 2.63 bits per heavy atom. The standard InChI is InChI=1S/C27H27ClN4O2S/c1-19-11-13-22(28)16-24(19)32-25(17-29-26(33)14-12-20-7-4-3-5-8-20)30-31-27(32)35-18-21-9-6-10-23(15-21)34-2/h3-11,13,15-16H,12,14,17-18H2,1-2H3,(H,29,33). The number of hydrogen-bond donors (Lipinski definition) is 1. The van der Waals surface area contributed by atoms with E-state index in [9.17, 15) is 4.79 Å². The van der Waals surface area contributed by atoms with Crippen LogP contribution in [-0.4, -0.2) is 27.8 Å². The molecule has 0 saturated heterocycles. The van der Waals surface area contributed by atoms with Crippen LogP contribution in [0.1, 0.15) is 28.9 Å². The van der Waals surface area contributed by atoms with E-state index >= 15 is 0 Å². The smallest absolute Gasteiger partial charge is 0.220 e. The minimum Gasteiger partial charge on any atom is -0.497 e. The van der Waals surface area contributed by atoms with Crippen LogP contribution in [0.4, 0.5) is 0 Å². The van der Waals surface area contributed by atoms with E-state index < -0.39 is 0 Å². The molecule has 0 saturated carbocycles. The first-order valence-electron chi connectivity index (χ1n) is 11.3. The zero-order valence-corrected chi connectivity index (χ0v) is 21.3. The molecular formula is C27H27ClN4O2S. The number of halogens is 1. The fourth-order valence-electron chi connectivity index (χ4n) is 3.65. The Hall–Kier alpha value is -3.29. The number of methoxy groups -OCH3 is 1. The largest absolute Gasteiger partial charge is 0.497 e. The summed E-state index contributed by atoms with van der Waals surface area (Å²) in [4.78, 5) is 12.5. The van der Waals surface area contributed by atoms with Crippen LogP contribution in [0.5, 0.6) is 5.75 Å². The summed E-state index contributed by atoms with van der Waals surface area (Å²) in [6.45, 7) is 2.29. The number of thioether (sulfide) groups is 1. The van der Waals surface area contributed by atoms with E-state index in [0.717, 1.165) is 33.3 Å². The van der Waals surface area contributed by atoms with Gasteiger partial charge in [0.1, 0.15) is 5.75 Å². The van der Waals surface area contributed by atoms with E-state index in [1.165, 1.54) is 0 Å². The minimum atomic E-state index is -0.0307. The Morgan fingerprint density at radius 2 is 1.83 bits per heavy atom. The van der Waals surface area contributed by atoms with Crippen molar-refractivity contribution in [2.45, 2.75) is 37.2 Å². The zero-order chi connectivity index (χ0) is 24.6. The fourth-order valence-corrected chi connectivity index (χ4v) is 4.73. The molecule has 180 valence electrons. The molecule has 1 amide bonds. The van der Waals surface area contributed by atoms with Gasteiger partial charge >= 0.3 is 0 Å². The number of benzene rings is 3. The van der Waals surface area contributed by atoms with Gasteiger partial charge in [-0.2, -0.15) is 0 Å². The van der Waals surface area contributed by atoms with Gasteiger partial charge < -0.3 is 10.1 Å². The van der Waals surface area contributed by atoms with Crippen LogP contribution < -0.4 is 10.1 Å². The molecule has 4 rings (SSSR count). The second-order valence-corrected chi connectivity index (χ2v) is 9.45. The summed E-state index contributed by atoms with van der Waals surface area (Å²) in [5, 5.41) is 13.2. The number of amides is 1. The highest BCUT2D eigenvalue weighted by Gasteiger charge is 2.17. The van der Waals surface area contributed by atoms with Crippen molar-refractivity contribution in [3.8, 4) is 11.4 Å². The van der Waals surface area contributed by atoms with Crippen LogP contribution in [-0.2, 0) is 23.5 Å². The lowest BCUT2D eigenvalue weighted by Crippen LogP contribution is -2.25. The van der Waals surface area contributed by atoms with Gasteiger partial charge in [0, 0.05) is 17.2 Å². The van der Waals surface area contributed by atoms with Crippen molar-refractivity contribution < 1.29 is 9.53 Å². The topological polar surface area (TPSA) is 69.0 Å². The van der Waals surface area contributed by atoms with Crippen molar-refractivity contribution in [3.63, 3.8) is 0 Å². The maximum atomic E-state index is 12.5. The Labute approximate surface area is 214 Å². The van der Waals surface area contributed by atoms with Gasteiger partial charge in [-0.15, -0.1) is 10.2 Å². The van der Waals surface area contributed by atoms with E-state index in [4.69, 9.17) is 16.3 Å². The van der Waals surface area contributed by atoms with E-state index in [2.05, 4.69) is 21.6 Å². The molecule has 4 aromatic rings. The predicted molar refractivity (Wildman–Crippen MR) is 140 cm³/mol. The number of aromatic nitrogens is 3. The van der Waals surface area contributed by atoms with Gasteiger partial charge in [-0.1, -0.05) is 71.9 Å². The molecule has 0 bridgehead atoms.